The molecule has 1 aliphatic heterocycles. The number of fused-ring (bicyclic) bond motifs is 1. The summed E-state index contributed by atoms with van der Waals surface area (Å²) < 4.78 is 11.0. The van der Waals surface area contributed by atoms with Gasteiger partial charge in [-0.3, -0.25) is 0 Å². The van der Waals surface area contributed by atoms with Crippen LogP contribution >= 0.6 is 0 Å². The molecule has 0 amide bonds. The van der Waals surface area contributed by atoms with E-state index in [1.54, 1.807) is 0 Å². The molecular formula is C13H18O3. The van der Waals surface area contributed by atoms with Crippen molar-refractivity contribution in [3.8, 4) is 11.5 Å². The zero-order valence-electron chi connectivity index (χ0n) is 9.61. The highest BCUT2D eigenvalue weighted by Crippen LogP contribution is 2.34. The third-order valence-electron chi connectivity index (χ3n) is 2.76. The molecule has 0 aromatic heterocycles. The molecule has 0 saturated heterocycles. The number of benzene rings is 1. The second-order valence-electron chi connectivity index (χ2n) is 4.08. The average Bonchev–Trinajstić information content (AvgIpc) is 2.66. The van der Waals surface area contributed by atoms with Gasteiger partial charge in [0.15, 0.2) is 0 Å². The fourth-order valence-electron chi connectivity index (χ4n) is 1.81. The third kappa shape index (κ3) is 2.47. The Morgan fingerprint density at radius 1 is 1.44 bits per heavy atom. The smallest absolute Gasteiger partial charge is 0.129 e. The summed E-state index contributed by atoms with van der Waals surface area (Å²) in [7, 11) is 0. The average molecular weight is 222 g/mol. The van der Waals surface area contributed by atoms with Crippen LogP contribution in [-0.2, 0) is 0 Å². The third-order valence-corrected chi connectivity index (χ3v) is 2.76. The lowest BCUT2D eigenvalue weighted by atomic mass is 10.1. The molecule has 1 aromatic rings. The van der Waals surface area contributed by atoms with Gasteiger partial charge in [-0.15, -0.1) is 0 Å². The molecule has 2 rings (SSSR count). The summed E-state index contributed by atoms with van der Waals surface area (Å²) in [4.78, 5) is 0. The Bertz CT molecular complexity index is 349. The zero-order chi connectivity index (χ0) is 11.4. The van der Waals surface area contributed by atoms with Crippen molar-refractivity contribution in [2.45, 2.75) is 32.3 Å². The maximum Gasteiger partial charge on any atom is 0.129 e. The molecule has 0 bridgehead atoms. The first-order valence-electron chi connectivity index (χ1n) is 5.89. The van der Waals surface area contributed by atoms with Crippen LogP contribution in [0.25, 0.3) is 0 Å². The number of aliphatic hydroxyl groups is 1. The molecule has 1 aromatic carbocycles. The van der Waals surface area contributed by atoms with Crippen LogP contribution in [0.2, 0.25) is 0 Å². The predicted molar refractivity (Wildman–Crippen MR) is 61.9 cm³/mol. The first-order valence-corrected chi connectivity index (χ1v) is 5.89. The first kappa shape index (κ1) is 11.3. The molecule has 0 aliphatic carbocycles. The van der Waals surface area contributed by atoms with E-state index in [0.717, 1.165) is 30.1 Å². The fraction of sp³-hybridized carbons (Fsp3) is 0.538. The van der Waals surface area contributed by atoms with Gasteiger partial charge in [0.1, 0.15) is 24.2 Å². The molecule has 1 aliphatic rings. The van der Waals surface area contributed by atoms with E-state index in [2.05, 4.69) is 6.92 Å². The molecule has 88 valence electrons. The zero-order valence-corrected chi connectivity index (χ0v) is 9.61. The monoisotopic (exact) mass is 222 g/mol. The van der Waals surface area contributed by atoms with Crippen molar-refractivity contribution < 1.29 is 14.6 Å². The van der Waals surface area contributed by atoms with Gasteiger partial charge in [0.25, 0.3) is 0 Å². The Morgan fingerprint density at radius 3 is 3.12 bits per heavy atom. The van der Waals surface area contributed by atoms with E-state index in [4.69, 9.17) is 9.47 Å². The van der Waals surface area contributed by atoms with E-state index in [1.165, 1.54) is 12.8 Å². The Labute approximate surface area is 96.0 Å². The van der Waals surface area contributed by atoms with Crippen molar-refractivity contribution in [3.05, 3.63) is 23.8 Å². The molecule has 0 fully saturated rings. The largest absolute Gasteiger partial charge is 0.493 e. The van der Waals surface area contributed by atoms with E-state index in [-0.39, 0.29) is 0 Å². The summed E-state index contributed by atoms with van der Waals surface area (Å²) in [5.41, 5.74) is 0.862. The van der Waals surface area contributed by atoms with E-state index in [0.29, 0.717) is 6.61 Å². The topological polar surface area (TPSA) is 38.7 Å². The van der Waals surface area contributed by atoms with Gasteiger partial charge in [-0.25, -0.2) is 0 Å². The van der Waals surface area contributed by atoms with Gasteiger partial charge in [-0.1, -0.05) is 19.8 Å². The quantitative estimate of drug-likeness (QED) is 0.778. The van der Waals surface area contributed by atoms with Crippen LogP contribution in [0.4, 0.5) is 0 Å². The van der Waals surface area contributed by atoms with Crippen molar-refractivity contribution in [2.75, 3.05) is 13.2 Å². The lowest BCUT2D eigenvalue weighted by molar-refractivity contribution is 0.140. The van der Waals surface area contributed by atoms with Crippen LogP contribution in [0.5, 0.6) is 11.5 Å². The number of aliphatic hydroxyl groups excluding tert-OH is 1. The molecule has 0 radical (unpaired) electrons. The Balaban J connectivity index is 1.92. The molecule has 1 N–H and O–H groups in total. The van der Waals surface area contributed by atoms with Crippen molar-refractivity contribution in [2.24, 2.45) is 0 Å². The summed E-state index contributed by atoms with van der Waals surface area (Å²) in [6.45, 7) is 3.27. The highest BCUT2D eigenvalue weighted by Gasteiger charge is 2.21. The first-order chi connectivity index (χ1) is 7.81. The van der Waals surface area contributed by atoms with Gasteiger partial charge in [0.2, 0.25) is 0 Å². The summed E-state index contributed by atoms with van der Waals surface area (Å²) in [6.07, 6.45) is 2.99. The Hall–Kier alpha value is -1.22. The number of hydrogen-bond donors (Lipinski definition) is 1. The number of rotatable bonds is 5. The molecule has 3 heteroatoms. The van der Waals surface area contributed by atoms with Gasteiger partial charge in [0, 0.05) is 11.6 Å². The van der Waals surface area contributed by atoms with Gasteiger partial charge in [-0.2, -0.15) is 0 Å². The van der Waals surface area contributed by atoms with E-state index in [1.807, 2.05) is 18.2 Å². The molecular weight excluding hydrogens is 204 g/mol. The van der Waals surface area contributed by atoms with Crippen LogP contribution in [0.1, 0.15) is 37.9 Å². The number of ether oxygens (including phenoxy) is 2. The molecule has 0 spiro atoms. The lowest BCUT2D eigenvalue weighted by Gasteiger charge is -2.07. The molecule has 1 unspecified atom stereocenters. The van der Waals surface area contributed by atoms with Gasteiger partial charge in [-0.05, 0) is 18.6 Å². The van der Waals surface area contributed by atoms with Crippen molar-refractivity contribution in [3.63, 3.8) is 0 Å². The second kappa shape index (κ2) is 5.21. The van der Waals surface area contributed by atoms with E-state index in [9.17, 15) is 5.11 Å². The fourth-order valence-corrected chi connectivity index (χ4v) is 1.81. The second-order valence-corrected chi connectivity index (χ2v) is 4.08. The Kier molecular flexibility index (Phi) is 3.67. The summed E-state index contributed by atoms with van der Waals surface area (Å²) in [5, 5.41) is 9.55. The van der Waals surface area contributed by atoms with Crippen molar-refractivity contribution in [1.82, 2.24) is 0 Å². The molecule has 1 heterocycles. The standard InChI is InChI=1S/C13H18O3/c1-2-3-4-7-15-10-5-6-11-12(14)9-16-13(11)8-10/h5-6,8,12,14H,2-4,7,9H2,1H3. The predicted octanol–water partition coefficient (Wildman–Crippen LogP) is 2.68. The van der Waals surface area contributed by atoms with Crippen molar-refractivity contribution in [1.29, 1.82) is 0 Å². The highest BCUT2D eigenvalue weighted by molar-refractivity contribution is 5.44. The summed E-state index contributed by atoms with van der Waals surface area (Å²) >= 11 is 0. The maximum atomic E-state index is 9.55. The van der Waals surface area contributed by atoms with E-state index < -0.39 is 6.10 Å². The van der Waals surface area contributed by atoms with Crippen LogP contribution in [0.3, 0.4) is 0 Å². The number of unbranched alkanes of at least 4 members (excludes halogenated alkanes) is 2. The van der Waals surface area contributed by atoms with Crippen LogP contribution in [-0.4, -0.2) is 18.3 Å². The maximum absolute atomic E-state index is 9.55. The minimum atomic E-state index is -0.482. The molecule has 0 saturated carbocycles. The van der Waals surface area contributed by atoms with Crippen LogP contribution in [0, 0.1) is 0 Å². The van der Waals surface area contributed by atoms with Gasteiger partial charge < -0.3 is 14.6 Å². The minimum absolute atomic E-state index is 0.356. The van der Waals surface area contributed by atoms with Crippen molar-refractivity contribution >= 4 is 0 Å². The summed E-state index contributed by atoms with van der Waals surface area (Å²) in [6, 6.07) is 5.63. The SMILES string of the molecule is CCCCCOc1ccc2c(c1)OCC2O. The Morgan fingerprint density at radius 2 is 2.31 bits per heavy atom. The lowest BCUT2D eigenvalue weighted by Crippen LogP contribution is -1.97. The van der Waals surface area contributed by atoms with E-state index >= 15 is 0 Å². The highest BCUT2D eigenvalue weighted by atomic mass is 16.5. The summed E-state index contributed by atoms with van der Waals surface area (Å²) in [5.74, 6) is 1.57. The van der Waals surface area contributed by atoms with Crippen LogP contribution in [0.15, 0.2) is 18.2 Å². The van der Waals surface area contributed by atoms with Crippen LogP contribution < -0.4 is 9.47 Å². The number of hydrogen-bond acceptors (Lipinski definition) is 3. The molecule has 16 heavy (non-hydrogen) atoms. The van der Waals surface area contributed by atoms with Gasteiger partial charge >= 0.3 is 0 Å². The molecule has 3 nitrogen and oxygen atoms in total. The molecule has 1 atom stereocenters. The minimum Gasteiger partial charge on any atom is -0.493 e. The van der Waals surface area contributed by atoms with Gasteiger partial charge in [0.05, 0.1) is 6.61 Å². The normalized spacial score (nSPS) is 18.0.